The molecule has 0 saturated heterocycles. The SMILES string of the molecule is CNc1ccc(C(C)(C)C#N)cc1. The quantitative estimate of drug-likeness (QED) is 0.747. The summed E-state index contributed by atoms with van der Waals surface area (Å²) in [7, 11) is 1.88. The van der Waals surface area contributed by atoms with Gasteiger partial charge in [-0.25, -0.2) is 0 Å². The summed E-state index contributed by atoms with van der Waals surface area (Å²) in [5.41, 5.74) is 1.72. The van der Waals surface area contributed by atoms with E-state index in [4.69, 9.17) is 5.26 Å². The van der Waals surface area contributed by atoms with Gasteiger partial charge in [-0.2, -0.15) is 5.26 Å². The van der Waals surface area contributed by atoms with E-state index in [2.05, 4.69) is 11.4 Å². The summed E-state index contributed by atoms with van der Waals surface area (Å²) in [4.78, 5) is 0. The molecule has 68 valence electrons. The predicted molar refractivity (Wildman–Crippen MR) is 54.6 cm³/mol. The number of hydrogen-bond acceptors (Lipinski definition) is 2. The molecule has 0 atom stereocenters. The molecule has 2 heteroatoms. The van der Waals surface area contributed by atoms with Gasteiger partial charge >= 0.3 is 0 Å². The molecule has 0 saturated carbocycles. The van der Waals surface area contributed by atoms with Gasteiger partial charge in [-0.05, 0) is 31.5 Å². The van der Waals surface area contributed by atoms with Gasteiger partial charge in [-0.1, -0.05) is 12.1 Å². The van der Waals surface area contributed by atoms with Crippen LogP contribution < -0.4 is 5.32 Å². The number of nitrogens with zero attached hydrogens (tertiary/aromatic N) is 1. The lowest BCUT2D eigenvalue weighted by Gasteiger charge is -2.15. The molecule has 1 aromatic rings. The largest absolute Gasteiger partial charge is 0.388 e. The van der Waals surface area contributed by atoms with Gasteiger partial charge < -0.3 is 5.32 Å². The van der Waals surface area contributed by atoms with Crippen LogP contribution in [-0.4, -0.2) is 7.05 Å². The highest BCUT2D eigenvalue weighted by Crippen LogP contribution is 2.23. The average Bonchev–Trinajstić information content (AvgIpc) is 2.18. The lowest BCUT2D eigenvalue weighted by Crippen LogP contribution is -2.13. The second kappa shape index (κ2) is 3.49. The average molecular weight is 174 g/mol. The Balaban J connectivity index is 3.00. The van der Waals surface area contributed by atoms with E-state index in [0.29, 0.717) is 0 Å². The molecule has 2 nitrogen and oxygen atoms in total. The summed E-state index contributed by atoms with van der Waals surface area (Å²) >= 11 is 0. The zero-order chi connectivity index (χ0) is 9.90. The molecule has 0 spiro atoms. The Morgan fingerprint density at radius 1 is 1.23 bits per heavy atom. The topological polar surface area (TPSA) is 35.8 Å². The summed E-state index contributed by atoms with van der Waals surface area (Å²) in [6.07, 6.45) is 0. The molecule has 0 heterocycles. The minimum atomic E-state index is -0.397. The van der Waals surface area contributed by atoms with Crippen molar-refractivity contribution in [2.45, 2.75) is 19.3 Å². The maximum Gasteiger partial charge on any atom is 0.0766 e. The van der Waals surface area contributed by atoms with Crippen molar-refractivity contribution >= 4 is 5.69 Å². The molecule has 0 aromatic heterocycles. The fourth-order valence-electron chi connectivity index (χ4n) is 1.12. The first-order chi connectivity index (χ1) is 6.10. The first-order valence-corrected chi connectivity index (χ1v) is 4.29. The normalized spacial score (nSPS) is 10.6. The van der Waals surface area contributed by atoms with Gasteiger partial charge in [0, 0.05) is 12.7 Å². The zero-order valence-electron chi connectivity index (χ0n) is 8.26. The van der Waals surface area contributed by atoms with Crippen LogP contribution in [0.4, 0.5) is 5.69 Å². The summed E-state index contributed by atoms with van der Waals surface area (Å²) in [6.45, 7) is 3.84. The highest BCUT2D eigenvalue weighted by molar-refractivity contribution is 5.46. The third-order valence-electron chi connectivity index (χ3n) is 2.17. The van der Waals surface area contributed by atoms with Crippen LogP contribution in [0, 0.1) is 11.3 Å². The Hall–Kier alpha value is -1.49. The van der Waals surface area contributed by atoms with Gasteiger partial charge in [0.15, 0.2) is 0 Å². The van der Waals surface area contributed by atoms with Crippen molar-refractivity contribution in [3.05, 3.63) is 29.8 Å². The van der Waals surface area contributed by atoms with Crippen LogP contribution in [0.25, 0.3) is 0 Å². The van der Waals surface area contributed by atoms with Crippen LogP contribution in [0.15, 0.2) is 24.3 Å². The minimum absolute atomic E-state index is 0.397. The second-order valence-corrected chi connectivity index (χ2v) is 3.56. The molecule has 1 N–H and O–H groups in total. The summed E-state index contributed by atoms with van der Waals surface area (Å²) in [5.74, 6) is 0. The van der Waals surface area contributed by atoms with E-state index in [1.54, 1.807) is 0 Å². The van der Waals surface area contributed by atoms with Crippen LogP contribution in [0.3, 0.4) is 0 Å². The number of benzene rings is 1. The Morgan fingerprint density at radius 3 is 2.15 bits per heavy atom. The Bertz CT molecular complexity index is 317. The van der Waals surface area contributed by atoms with Gasteiger partial charge in [0.1, 0.15) is 0 Å². The summed E-state index contributed by atoms with van der Waals surface area (Å²) in [5, 5.41) is 11.9. The molecule has 0 aliphatic carbocycles. The number of nitrogens with one attached hydrogen (secondary N) is 1. The molecule has 0 aliphatic rings. The fraction of sp³-hybridized carbons (Fsp3) is 0.364. The lowest BCUT2D eigenvalue weighted by molar-refractivity contribution is 0.687. The van der Waals surface area contributed by atoms with E-state index < -0.39 is 5.41 Å². The van der Waals surface area contributed by atoms with Gasteiger partial charge in [0.25, 0.3) is 0 Å². The van der Waals surface area contributed by atoms with E-state index in [9.17, 15) is 0 Å². The molecule has 1 rings (SSSR count). The van der Waals surface area contributed by atoms with Crippen LogP contribution >= 0.6 is 0 Å². The van der Waals surface area contributed by atoms with Crippen molar-refractivity contribution in [1.82, 2.24) is 0 Å². The van der Waals surface area contributed by atoms with E-state index in [0.717, 1.165) is 11.3 Å². The standard InChI is InChI=1S/C11H14N2/c1-11(2,8-12)9-4-6-10(13-3)7-5-9/h4-7,13H,1-3H3. The highest BCUT2D eigenvalue weighted by Gasteiger charge is 2.18. The van der Waals surface area contributed by atoms with Crippen LogP contribution in [-0.2, 0) is 5.41 Å². The fourth-order valence-corrected chi connectivity index (χ4v) is 1.12. The maximum absolute atomic E-state index is 8.91. The van der Waals surface area contributed by atoms with Gasteiger partial charge in [0.05, 0.1) is 11.5 Å². The van der Waals surface area contributed by atoms with Crippen LogP contribution in [0.1, 0.15) is 19.4 Å². The molecule has 1 aromatic carbocycles. The first-order valence-electron chi connectivity index (χ1n) is 4.29. The number of hydrogen-bond donors (Lipinski definition) is 1. The molecule has 0 aliphatic heterocycles. The molecule has 0 radical (unpaired) electrons. The Kier molecular flexibility index (Phi) is 2.57. The molecule has 0 fully saturated rings. The molecule has 0 bridgehead atoms. The van der Waals surface area contributed by atoms with Crippen LogP contribution in [0.2, 0.25) is 0 Å². The van der Waals surface area contributed by atoms with Crippen LogP contribution in [0.5, 0.6) is 0 Å². The van der Waals surface area contributed by atoms with Crippen molar-refractivity contribution < 1.29 is 0 Å². The van der Waals surface area contributed by atoms with Crippen molar-refractivity contribution in [2.24, 2.45) is 0 Å². The molecular formula is C11H14N2. The van der Waals surface area contributed by atoms with Gasteiger partial charge in [-0.15, -0.1) is 0 Å². The predicted octanol–water partition coefficient (Wildman–Crippen LogP) is 2.53. The van der Waals surface area contributed by atoms with E-state index in [-0.39, 0.29) is 0 Å². The third-order valence-corrected chi connectivity index (χ3v) is 2.17. The summed E-state index contributed by atoms with van der Waals surface area (Å²) < 4.78 is 0. The van der Waals surface area contributed by atoms with Crippen molar-refractivity contribution in [3.8, 4) is 6.07 Å². The van der Waals surface area contributed by atoms with E-state index in [1.807, 2.05) is 45.2 Å². The Morgan fingerprint density at radius 2 is 1.77 bits per heavy atom. The third kappa shape index (κ3) is 2.00. The monoisotopic (exact) mass is 174 g/mol. The molecule has 13 heavy (non-hydrogen) atoms. The first kappa shape index (κ1) is 9.60. The molecule has 0 amide bonds. The van der Waals surface area contributed by atoms with Crippen molar-refractivity contribution in [1.29, 1.82) is 5.26 Å². The van der Waals surface area contributed by atoms with Gasteiger partial charge in [-0.3, -0.25) is 0 Å². The number of nitriles is 1. The second-order valence-electron chi connectivity index (χ2n) is 3.56. The minimum Gasteiger partial charge on any atom is -0.388 e. The van der Waals surface area contributed by atoms with Crippen molar-refractivity contribution in [3.63, 3.8) is 0 Å². The molecular weight excluding hydrogens is 160 g/mol. The Labute approximate surface area is 79.2 Å². The smallest absolute Gasteiger partial charge is 0.0766 e. The van der Waals surface area contributed by atoms with Crippen molar-refractivity contribution in [2.75, 3.05) is 12.4 Å². The maximum atomic E-state index is 8.91. The zero-order valence-corrected chi connectivity index (χ0v) is 8.26. The summed E-state index contributed by atoms with van der Waals surface area (Å²) in [6, 6.07) is 10.2. The van der Waals surface area contributed by atoms with E-state index in [1.165, 1.54) is 0 Å². The number of anilines is 1. The number of rotatable bonds is 2. The molecule has 0 unspecified atom stereocenters. The van der Waals surface area contributed by atoms with Gasteiger partial charge in [0.2, 0.25) is 0 Å². The van der Waals surface area contributed by atoms with E-state index >= 15 is 0 Å². The highest BCUT2D eigenvalue weighted by atomic mass is 14.8. The lowest BCUT2D eigenvalue weighted by atomic mass is 9.86.